The average Bonchev–Trinajstić information content (AvgIpc) is 0.971. The minimum atomic E-state index is -0.311. The molecule has 17 heteroatoms. The van der Waals surface area contributed by atoms with Gasteiger partial charge in [-0.15, -0.1) is 27.8 Å². The summed E-state index contributed by atoms with van der Waals surface area (Å²) in [7, 11) is 0. The van der Waals surface area contributed by atoms with Crippen molar-refractivity contribution in [2.75, 3.05) is 0 Å². The molecule has 0 bridgehead atoms. The minimum Gasteiger partial charge on any atom is -0.507 e. The highest BCUT2D eigenvalue weighted by molar-refractivity contribution is 7.16. The van der Waals surface area contributed by atoms with Crippen molar-refractivity contribution in [1.29, 1.82) is 0 Å². The number of phenolic OH excluding ortho intramolecular Hbond substituents is 8. The van der Waals surface area contributed by atoms with E-state index in [2.05, 4.69) is 146 Å². The summed E-state index contributed by atoms with van der Waals surface area (Å²) in [5.74, 6) is 2.16. The third-order valence-corrected chi connectivity index (χ3v) is 29.2. The maximum atomic E-state index is 10.4. The van der Waals surface area contributed by atoms with E-state index < -0.39 is 0 Å². The lowest BCUT2D eigenvalue weighted by Crippen LogP contribution is -2.19. The molecule has 4 aromatic heterocycles. The third kappa shape index (κ3) is 25.6. The van der Waals surface area contributed by atoms with E-state index in [1.807, 2.05) is 363 Å². The van der Waals surface area contributed by atoms with Crippen LogP contribution >= 0.6 is 45.7 Å². The van der Waals surface area contributed by atoms with Gasteiger partial charge in [0.2, 0.25) is 0 Å². The normalized spacial score (nSPS) is 11.1. The van der Waals surface area contributed by atoms with Crippen LogP contribution in [0.15, 0.2) is 490 Å². The second kappa shape index (κ2) is 48.5. The molecular weight excluding hydrogens is 1900 g/mol. The van der Waals surface area contributed by atoms with Crippen LogP contribution < -0.4 is 0 Å². The molecule has 4 heterocycles. The second-order valence-electron chi connectivity index (χ2n) is 37.4. The molecule has 734 valence electrons. The Morgan fingerprint density at radius 2 is 0.446 bits per heavy atom. The summed E-state index contributed by atoms with van der Waals surface area (Å²) in [6, 6.07) is 150. The van der Waals surface area contributed by atoms with E-state index >= 15 is 0 Å². The lowest BCUT2D eigenvalue weighted by Gasteiger charge is -2.28. The zero-order chi connectivity index (χ0) is 104. The maximum absolute atomic E-state index is 10.4. The highest BCUT2D eigenvalue weighted by Gasteiger charge is 2.31. The lowest BCUT2D eigenvalue weighted by molar-refractivity contribution is 0.475. The Morgan fingerprint density at radius 1 is 0.216 bits per heavy atom. The van der Waals surface area contributed by atoms with Gasteiger partial charge in [-0.25, -0.2) is 4.98 Å². The minimum absolute atomic E-state index is 0.270. The Morgan fingerprint density at radius 3 is 0.669 bits per heavy atom. The number of fused-ring (bicyclic) bond motifs is 3. The molecule has 148 heavy (non-hydrogen) atoms. The Labute approximate surface area is 880 Å². The van der Waals surface area contributed by atoms with Crippen molar-refractivity contribution in [3.05, 3.63) is 534 Å². The van der Waals surface area contributed by atoms with Gasteiger partial charge in [0.15, 0.2) is 0 Å². The predicted octanol–water partition coefficient (Wildman–Crippen LogP) is 34.5. The van der Waals surface area contributed by atoms with Gasteiger partial charge in [0, 0.05) is 89.3 Å². The molecule has 19 aromatic carbocycles. The number of phenols is 8. The first-order valence-corrected chi connectivity index (χ1v) is 51.8. The molecule has 0 spiro atoms. The Bertz CT molecular complexity index is 6870. The summed E-state index contributed by atoms with van der Waals surface area (Å²) in [5, 5.41) is 90.4. The standard InChI is InChI=1S/4C27H24O2.2C7H5NS.C6H4N2S.C3H3NS/c4*1-27(2,21-13-15-25(28)23(17-21)19-9-5-3-6-10-19)22-14-16-26(29)24(18-22)20-11-7-4-8-12-20;1-2-4-7-6(3-1)8-5-9-7;1-2-4-7-6(3-1)5-8-9-7;1-2-4-6-5(3-1)7-8-9-6;1-2-5-3-4-1/h4*3-18,28-29H,1-2H3;2*1-5H;1-4H;1-3H. The topological polar surface area (TPSA) is 226 Å². The van der Waals surface area contributed by atoms with E-state index in [1.165, 1.54) is 37.9 Å². The fourth-order valence-electron chi connectivity index (χ4n) is 17.4. The number of para-hydroxylation sites is 1. The van der Waals surface area contributed by atoms with Gasteiger partial charge >= 0.3 is 0 Å². The Balaban J connectivity index is 0.000000127. The Kier molecular flexibility index (Phi) is 34.0. The number of aromatic hydroxyl groups is 8. The average molecular weight is 2010 g/mol. The van der Waals surface area contributed by atoms with Crippen LogP contribution in [0.3, 0.4) is 0 Å². The van der Waals surface area contributed by atoms with Gasteiger partial charge in [0.1, 0.15) is 51.5 Å². The van der Waals surface area contributed by atoms with Crippen molar-refractivity contribution in [3.8, 4) is 135 Å². The molecule has 0 amide bonds. The first-order chi connectivity index (χ1) is 71.8. The monoisotopic (exact) mass is 2010 g/mol. The van der Waals surface area contributed by atoms with Crippen molar-refractivity contribution in [3.63, 3.8) is 0 Å². The van der Waals surface area contributed by atoms with E-state index in [0.717, 1.165) is 149 Å². The Hall–Kier alpha value is -17.2. The number of benzene rings is 19. The number of hydrogen-bond donors (Lipinski definition) is 8. The smallest absolute Gasteiger partial charge is 0.123 e. The number of hydrogen-bond acceptors (Lipinski definition) is 17. The molecule has 0 fully saturated rings. The quantitative estimate of drug-likeness (QED) is 0.0451. The molecule has 23 rings (SSSR count). The van der Waals surface area contributed by atoms with E-state index in [9.17, 15) is 40.9 Å². The van der Waals surface area contributed by atoms with Gasteiger partial charge in [-0.1, -0.05) is 394 Å². The fraction of sp³-hybridized carbons (Fsp3) is 0.0916. The van der Waals surface area contributed by atoms with Crippen LogP contribution in [-0.4, -0.2) is 64.8 Å². The van der Waals surface area contributed by atoms with Gasteiger partial charge < -0.3 is 40.9 Å². The fourth-order valence-corrected chi connectivity index (χ4v) is 19.6. The highest BCUT2D eigenvalue weighted by Crippen LogP contribution is 2.47. The summed E-state index contributed by atoms with van der Waals surface area (Å²) in [4.78, 5) is 7.88. The summed E-state index contributed by atoms with van der Waals surface area (Å²) < 4.78 is 11.5. The van der Waals surface area contributed by atoms with E-state index in [4.69, 9.17) is 0 Å². The number of nitrogens with zero attached hydrogens (tertiary/aromatic N) is 5. The highest BCUT2D eigenvalue weighted by atomic mass is 32.1. The molecule has 23 aromatic rings. The van der Waals surface area contributed by atoms with Gasteiger partial charge in [-0.2, -0.15) is 4.37 Å². The van der Waals surface area contributed by atoms with Crippen LogP contribution in [0.4, 0.5) is 0 Å². The van der Waals surface area contributed by atoms with Gasteiger partial charge in [0.25, 0.3) is 0 Å². The van der Waals surface area contributed by atoms with Crippen LogP contribution in [0.25, 0.3) is 120 Å². The largest absolute Gasteiger partial charge is 0.507 e. The molecule has 0 aliphatic heterocycles. The first-order valence-electron chi connectivity index (χ1n) is 48.4. The lowest BCUT2D eigenvalue weighted by atomic mass is 9.76. The second-order valence-corrected chi connectivity index (χ2v) is 40.6. The number of thiazole rings is 2. The predicted molar refractivity (Wildman–Crippen MR) is 616 cm³/mol. The molecule has 0 aliphatic carbocycles. The van der Waals surface area contributed by atoms with Crippen LogP contribution in [0.5, 0.6) is 46.0 Å². The van der Waals surface area contributed by atoms with Crippen LogP contribution in [-0.2, 0) is 21.7 Å². The van der Waals surface area contributed by atoms with Crippen molar-refractivity contribution >= 4 is 76.3 Å². The zero-order valence-corrected chi connectivity index (χ0v) is 86.5. The number of rotatable bonds is 16. The van der Waals surface area contributed by atoms with Gasteiger partial charge in [-0.3, -0.25) is 4.98 Å². The molecule has 0 saturated carbocycles. The van der Waals surface area contributed by atoms with Crippen molar-refractivity contribution in [2.45, 2.75) is 77.0 Å². The SMILES string of the molecule is CC(C)(c1ccc(O)c(-c2ccccc2)c1)c1ccc(O)c(-c2ccccc2)c1.CC(C)(c1ccc(O)c(-c2ccccc2)c1)c1ccc(O)c(-c2ccccc2)c1.CC(C)(c1ccc(O)c(-c2ccccc2)c1)c1ccc(O)c(-c2ccccc2)c1.CC(C)(c1ccc(O)c(-c2ccccc2)c1)c1ccc(O)c(-c2ccccc2)c1.c1ccc2scnc2c1.c1ccc2sncc2c1.c1ccc2snnc2c1.c1cscn1. The maximum Gasteiger partial charge on any atom is 0.123 e. The summed E-state index contributed by atoms with van der Waals surface area (Å²) >= 11 is 6.24. The van der Waals surface area contributed by atoms with Gasteiger partial charge in [0.05, 0.1) is 30.6 Å². The van der Waals surface area contributed by atoms with Crippen molar-refractivity contribution in [2.24, 2.45) is 0 Å². The van der Waals surface area contributed by atoms with Crippen molar-refractivity contribution < 1.29 is 40.9 Å². The molecule has 0 atom stereocenters. The van der Waals surface area contributed by atoms with E-state index in [-0.39, 0.29) is 67.7 Å². The van der Waals surface area contributed by atoms with Crippen LogP contribution in [0.1, 0.15) is 99.9 Å². The third-order valence-electron chi connectivity index (χ3n) is 26.4. The summed E-state index contributed by atoms with van der Waals surface area (Å²) in [6.07, 6.45) is 3.66. The molecular formula is C131H113N5O8S4. The van der Waals surface area contributed by atoms with Gasteiger partial charge in [-0.05, 0) is 239 Å². The van der Waals surface area contributed by atoms with E-state index in [1.54, 1.807) is 82.9 Å². The summed E-state index contributed by atoms with van der Waals surface area (Å²) in [5.41, 5.74) is 27.7. The molecule has 0 saturated heterocycles. The van der Waals surface area contributed by atoms with Crippen LogP contribution in [0, 0.1) is 0 Å². The van der Waals surface area contributed by atoms with Crippen molar-refractivity contribution in [1.82, 2.24) is 23.9 Å². The van der Waals surface area contributed by atoms with Crippen LogP contribution in [0.2, 0.25) is 0 Å². The molecule has 0 radical (unpaired) electrons. The molecule has 13 nitrogen and oxygen atoms in total. The molecule has 8 N–H and O–H groups in total. The molecule has 0 aliphatic rings. The van der Waals surface area contributed by atoms with E-state index in [0.29, 0.717) is 0 Å². The molecule has 0 unspecified atom stereocenters. The summed E-state index contributed by atoms with van der Waals surface area (Å²) in [6.45, 7) is 17.3. The zero-order valence-electron chi connectivity index (χ0n) is 83.2. The number of aromatic nitrogens is 5. The first kappa shape index (κ1) is 104.